The van der Waals surface area contributed by atoms with E-state index in [1.54, 1.807) is 0 Å². The monoisotopic (exact) mass is 342 g/mol. The first-order valence-electron chi connectivity index (χ1n) is 8.98. The summed E-state index contributed by atoms with van der Waals surface area (Å²) in [6.07, 6.45) is 5.89. The minimum absolute atomic E-state index is 0.0211. The fourth-order valence-corrected chi connectivity index (χ4v) is 3.69. The molecule has 134 valence electrons. The fraction of sp³-hybridized carbons (Fsp3) is 0.500. The number of nitrogens with zero attached hydrogens (tertiary/aromatic N) is 1. The summed E-state index contributed by atoms with van der Waals surface area (Å²) in [7, 11) is 1.93. The van der Waals surface area contributed by atoms with Crippen LogP contribution in [0.5, 0.6) is 0 Å². The molecular weight excluding hydrogens is 316 g/mol. The van der Waals surface area contributed by atoms with Gasteiger partial charge in [0.2, 0.25) is 5.91 Å². The predicted octanol–water partition coefficient (Wildman–Crippen LogP) is 3.21. The van der Waals surface area contributed by atoms with Gasteiger partial charge in [0.05, 0.1) is 12.5 Å². The van der Waals surface area contributed by atoms with E-state index in [4.69, 9.17) is 10.5 Å². The number of hydrogen-bond donors (Lipinski definition) is 1. The molecule has 2 aliphatic rings. The van der Waals surface area contributed by atoms with Crippen molar-refractivity contribution in [2.45, 2.75) is 44.1 Å². The van der Waals surface area contributed by atoms with Crippen LogP contribution < -0.4 is 5.73 Å². The standard InChI is InChI=1S/C20H26N2O3/c1-22(18-12-16(13-18)15-7-3-2-4-8-15)19(23)17-10-14(11-17)6-5-9-25-20(21)24/h2-4,7-8,10,16-18H,5-6,9,11-13H2,1H3,(H2,21,24)/t16?,17-,18?/m0/s1. The molecular formula is C20H26N2O3. The van der Waals surface area contributed by atoms with E-state index in [0.29, 0.717) is 18.6 Å². The molecule has 3 rings (SSSR count). The summed E-state index contributed by atoms with van der Waals surface area (Å²) >= 11 is 0. The molecule has 25 heavy (non-hydrogen) atoms. The molecule has 0 unspecified atom stereocenters. The molecule has 2 amide bonds. The molecule has 0 aromatic heterocycles. The van der Waals surface area contributed by atoms with Crippen molar-refractivity contribution in [1.29, 1.82) is 0 Å². The van der Waals surface area contributed by atoms with Gasteiger partial charge in [-0.2, -0.15) is 0 Å². The maximum atomic E-state index is 12.6. The van der Waals surface area contributed by atoms with Gasteiger partial charge >= 0.3 is 6.09 Å². The Labute approximate surface area is 148 Å². The molecule has 0 spiro atoms. The molecule has 0 bridgehead atoms. The Morgan fingerprint density at radius 3 is 2.56 bits per heavy atom. The summed E-state index contributed by atoms with van der Waals surface area (Å²) in [6, 6.07) is 10.9. The minimum Gasteiger partial charge on any atom is -0.450 e. The second kappa shape index (κ2) is 7.72. The van der Waals surface area contributed by atoms with Crippen molar-refractivity contribution in [2.24, 2.45) is 11.7 Å². The van der Waals surface area contributed by atoms with Crippen LogP contribution in [0.2, 0.25) is 0 Å². The highest BCUT2D eigenvalue weighted by atomic mass is 16.5. The lowest BCUT2D eigenvalue weighted by atomic mass is 9.74. The van der Waals surface area contributed by atoms with Crippen molar-refractivity contribution in [3.05, 3.63) is 47.5 Å². The second-order valence-electron chi connectivity index (χ2n) is 7.09. The van der Waals surface area contributed by atoms with Gasteiger partial charge in [0.15, 0.2) is 0 Å². The summed E-state index contributed by atoms with van der Waals surface area (Å²) < 4.78 is 4.71. The van der Waals surface area contributed by atoms with Crippen molar-refractivity contribution in [1.82, 2.24) is 4.90 Å². The highest BCUT2D eigenvalue weighted by molar-refractivity contribution is 5.82. The average molecular weight is 342 g/mol. The number of carbonyl (C=O) groups is 2. The molecule has 0 radical (unpaired) electrons. The summed E-state index contributed by atoms with van der Waals surface area (Å²) in [5.74, 6) is 0.834. The van der Waals surface area contributed by atoms with Crippen LogP contribution in [0.3, 0.4) is 0 Å². The number of nitrogens with two attached hydrogens (primary N) is 1. The van der Waals surface area contributed by atoms with Crippen LogP contribution >= 0.6 is 0 Å². The van der Waals surface area contributed by atoms with Crippen LogP contribution in [0.25, 0.3) is 0 Å². The number of allylic oxidation sites excluding steroid dienone is 1. The Hall–Kier alpha value is -2.30. The zero-order chi connectivity index (χ0) is 17.8. The molecule has 1 fully saturated rings. The molecule has 5 nitrogen and oxygen atoms in total. The Morgan fingerprint density at radius 1 is 1.24 bits per heavy atom. The number of rotatable bonds is 7. The topological polar surface area (TPSA) is 72.6 Å². The van der Waals surface area contributed by atoms with Crippen LogP contribution in [-0.2, 0) is 9.53 Å². The third kappa shape index (κ3) is 4.21. The van der Waals surface area contributed by atoms with Gasteiger partial charge in [0.25, 0.3) is 0 Å². The van der Waals surface area contributed by atoms with Gasteiger partial charge in [-0.3, -0.25) is 4.79 Å². The van der Waals surface area contributed by atoms with E-state index >= 15 is 0 Å². The molecule has 2 N–H and O–H groups in total. The number of primary amides is 1. The first-order valence-corrected chi connectivity index (χ1v) is 8.98. The molecule has 0 aliphatic heterocycles. The Balaban J connectivity index is 1.39. The number of amides is 2. The van der Waals surface area contributed by atoms with E-state index in [9.17, 15) is 9.59 Å². The van der Waals surface area contributed by atoms with Gasteiger partial charge in [-0.25, -0.2) is 4.79 Å². The third-order valence-corrected chi connectivity index (χ3v) is 5.40. The van der Waals surface area contributed by atoms with Crippen molar-refractivity contribution in [3.8, 4) is 0 Å². The number of ether oxygens (including phenoxy) is 1. The van der Waals surface area contributed by atoms with Crippen LogP contribution in [0, 0.1) is 5.92 Å². The lowest BCUT2D eigenvalue weighted by Gasteiger charge is -2.43. The zero-order valence-electron chi connectivity index (χ0n) is 14.7. The summed E-state index contributed by atoms with van der Waals surface area (Å²) in [5, 5.41) is 0. The maximum absolute atomic E-state index is 12.6. The van der Waals surface area contributed by atoms with E-state index in [1.165, 1.54) is 11.1 Å². The van der Waals surface area contributed by atoms with E-state index in [-0.39, 0.29) is 11.8 Å². The average Bonchev–Trinajstić information content (AvgIpc) is 2.51. The second-order valence-corrected chi connectivity index (χ2v) is 7.09. The smallest absolute Gasteiger partial charge is 0.404 e. The summed E-state index contributed by atoms with van der Waals surface area (Å²) in [5.41, 5.74) is 7.57. The lowest BCUT2D eigenvalue weighted by Crippen LogP contribution is -2.47. The van der Waals surface area contributed by atoms with Crippen molar-refractivity contribution in [2.75, 3.05) is 13.7 Å². The molecule has 2 aliphatic carbocycles. The number of benzene rings is 1. The Bertz CT molecular complexity index is 650. The highest BCUT2D eigenvalue weighted by Crippen LogP contribution is 2.40. The first kappa shape index (κ1) is 17.5. The molecule has 1 aromatic carbocycles. The minimum atomic E-state index is -0.730. The van der Waals surface area contributed by atoms with Crippen LogP contribution in [0.15, 0.2) is 42.0 Å². The van der Waals surface area contributed by atoms with Gasteiger partial charge in [0, 0.05) is 13.1 Å². The molecule has 0 saturated heterocycles. The largest absolute Gasteiger partial charge is 0.450 e. The number of hydrogen-bond acceptors (Lipinski definition) is 3. The lowest BCUT2D eigenvalue weighted by molar-refractivity contribution is -0.137. The first-order chi connectivity index (χ1) is 12.0. The van der Waals surface area contributed by atoms with Gasteiger partial charge in [0.1, 0.15) is 0 Å². The molecule has 5 heteroatoms. The Kier molecular flexibility index (Phi) is 5.41. The summed E-state index contributed by atoms with van der Waals surface area (Å²) in [6.45, 7) is 0.341. The summed E-state index contributed by atoms with van der Waals surface area (Å²) in [4.78, 5) is 25.0. The molecule has 0 heterocycles. The van der Waals surface area contributed by atoms with Crippen molar-refractivity contribution in [3.63, 3.8) is 0 Å². The fourth-order valence-electron chi connectivity index (χ4n) is 3.69. The van der Waals surface area contributed by atoms with Crippen LogP contribution in [0.4, 0.5) is 4.79 Å². The molecule has 1 aromatic rings. The SMILES string of the molecule is CN(C(=O)[C@H]1C=C(CCCOC(N)=O)C1)C1CC(c2ccccc2)C1. The molecule has 1 atom stereocenters. The van der Waals surface area contributed by atoms with Crippen LogP contribution in [-0.4, -0.2) is 36.6 Å². The maximum Gasteiger partial charge on any atom is 0.404 e. The normalized spacial score (nSPS) is 24.5. The van der Waals surface area contributed by atoms with E-state index in [1.807, 2.05) is 18.0 Å². The molecule has 1 saturated carbocycles. The predicted molar refractivity (Wildman–Crippen MR) is 95.9 cm³/mol. The number of carbonyl (C=O) groups excluding carboxylic acids is 2. The van der Waals surface area contributed by atoms with E-state index < -0.39 is 6.09 Å². The van der Waals surface area contributed by atoms with Gasteiger partial charge in [-0.05, 0) is 43.6 Å². The van der Waals surface area contributed by atoms with Gasteiger partial charge < -0.3 is 15.4 Å². The van der Waals surface area contributed by atoms with E-state index in [2.05, 4.69) is 30.3 Å². The Morgan fingerprint density at radius 2 is 1.92 bits per heavy atom. The van der Waals surface area contributed by atoms with Gasteiger partial charge in [-0.1, -0.05) is 42.0 Å². The van der Waals surface area contributed by atoms with E-state index in [0.717, 1.165) is 32.1 Å². The zero-order valence-corrected chi connectivity index (χ0v) is 14.7. The quantitative estimate of drug-likeness (QED) is 0.611. The third-order valence-electron chi connectivity index (χ3n) is 5.40. The van der Waals surface area contributed by atoms with Crippen molar-refractivity contribution >= 4 is 12.0 Å². The van der Waals surface area contributed by atoms with Gasteiger partial charge in [-0.15, -0.1) is 0 Å². The van der Waals surface area contributed by atoms with Crippen LogP contribution in [0.1, 0.15) is 43.6 Å². The van der Waals surface area contributed by atoms with Crippen molar-refractivity contribution < 1.29 is 14.3 Å². The highest BCUT2D eigenvalue weighted by Gasteiger charge is 2.37.